The molecule has 0 aromatic heterocycles. The molecule has 0 bridgehead atoms. The first kappa shape index (κ1) is 15.6. The van der Waals surface area contributed by atoms with Gasteiger partial charge in [0.05, 0.1) is 0 Å². The van der Waals surface area contributed by atoms with Crippen molar-refractivity contribution >= 4 is 16.0 Å². The van der Waals surface area contributed by atoms with E-state index in [0.717, 1.165) is 27.6 Å². The van der Waals surface area contributed by atoms with Crippen LogP contribution in [0, 0.1) is 5.82 Å². The zero-order chi connectivity index (χ0) is 16.6. The number of carboxylic acids is 1. The minimum atomic E-state index is -4.25. The monoisotopic (exact) mass is 335 g/mol. The van der Waals surface area contributed by atoms with Crippen LogP contribution in [0.4, 0.5) is 4.39 Å². The first-order chi connectivity index (χ1) is 10.9. The summed E-state index contributed by atoms with van der Waals surface area (Å²) in [6.07, 6.45) is 0.0548. The lowest BCUT2D eigenvalue weighted by atomic mass is 9.96. The molecule has 1 heterocycles. The number of carboxylic acid groups (broad SMARTS) is 1. The molecule has 2 aromatic carbocycles. The molecule has 1 N–H and O–H groups in total. The number of hydrogen-bond acceptors (Lipinski definition) is 3. The molecule has 5 nitrogen and oxygen atoms in total. The highest BCUT2D eigenvalue weighted by Gasteiger charge is 2.40. The van der Waals surface area contributed by atoms with Crippen LogP contribution in [0.5, 0.6) is 0 Å². The van der Waals surface area contributed by atoms with Gasteiger partial charge in [-0.15, -0.1) is 0 Å². The van der Waals surface area contributed by atoms with Crippen LogP contribution in [-0.4, -0.2) is 29.8 Å². The number of sulfonamides is 1. The van der Waals surface area contributed by atoms with Crippen LogP contribution in [0.1, 0.15) is 11.1 Å². The molecule has 0 spiro atoms. The Hall–Kier alpha value is -2.25. The van der Waals surface area contributed by atoms with E-state index in [4.69, 9.17) is 0 Å². The number of rotatable bonds is 3. The lowest BCUT2D eigenvalue weighted by Crippen LogP contribution is -2.48. The SMILES string of the molecule is O=C(O)[C@@H]1Cc2ccccc2CN1S(=O)(=O)c1ccccc1F. The molecule has 7 heteroatoms. The Bertz CT molecular complexity index is 866. The van der Waals surface area contributed by atoms with Gasteiger partial charge in [0.2, 0.25) is 10.0 Å². The summed E-state index contributed by atoms with van der Waals surface area (Å²) in [6.45, 7) is -0.0934. The van der Waals surface area contributed by atoms with E-state index in [1.165, 1.54) is 12.1 Å². The zero-order valence-electron chi connectivity index (χ0n) is 12.0. The summed E-state index contributed by atoms with van der Waals surface area (Å²) >= 11 is 0. The van der Waals surface area contributed by atoms with Gasteiger partial charge < -0.3 is 5.11 Å². The van der Waals surface area contributed by atoms with Crippen molar-refractivity contribution in [3.8, 4) is 0 Å². The molecule has 2 aromatic rings. The molecule has 0 unspecified atom stereocenters. The molecule has 0 fully saturated rings. The maximum atomic E-state index is 13.9. The predicted molar refractivity (Wildman–Crippen MR) is 80.7 cm³/mol. The lowest BCUT2D eigenvalue weighted by Gasteiger charge is -2.33. The summed E-state index contributed by atoms with van der Waals surface area (Å²) in [4.78, 5) is 11.0. The Labute approximate surface area is 133 Å². The average molecular weight is 335 g/mol. The van der Waals surface area contributed by atoms with Crippen molar-refractivity contribution in [1.29, 1.82) is 0 Å². The maximum absolute atomic E-state index is 13.9. The molecule has 120 valence electrons. The van der Waals surface area contributed by atoms with Crippen LogP contribution in [0.15, 0.2) is 53.4 Å². The Kier molecular flexibility index (Phi) is 3.91. The topological polar surface area (TPSA) is 74.7 Å². The highest BCUT2D eigenvalue weighted by atomic mass is 32.2. The van der Waals surface area contributed by atoms with Gasteiger partial charge in [-0.1, -0.05) is 36.4 Å². The summed E-state index contributed by atoms with van der Waals surface area (Å²) in [5.41, 5.74) is 1.52. The van der Waals surface area contributed by atoms with Gasteiger partial charge in [0.1, 0.15) is 16.8 Å². The van der Waals surface area contributed by atoms with Crippen molar-refractivity contribution in [3.63, 3.8) is 0 Å². The van der Waals surface area contributed by atoms with E-state index in [-0.39, 0.29) is 13.0 Å². The first-order valence-corrected chi connectivity index (χ1v) is 8.41. The van der Waals surface area contributed by atoms with Crippen molar-refractivity contribution < 1.29 is 22.7 Å². The van der Waals surface area contributed by atoms with Crippen molar-refractivity contribution in [2.24, 2.45) is 0 Å². The Morgan fingerprint density at radius 1 is 1.09 bits per heavy atom. The molecule has 0 aliphatic carbocycles. The summed E-state index contributed by atoms with van der Waals surface area (Å²) in [6, 6.07) is 10.8. The van der Waals surface area contributed by atoms with Gasteiger partial charge in [0.25, 0.3) is 0 Å². The van der Waals surface area contributed by atoms with Crippen molar-refractivity contribution in [2.45, 2.75) is 23.9 Å². The van der Waals surface area contributed by atoms with Crippen LogP contribution >= 0.6 is 0 Å². The fourth-order valence-electron chi connectivity index (χ4n) is 2.74. The van der Waals surface area contributed by atoms with E-state index >= 15 is 0 Å². The molecule has 23 heavy (non-hydrogen) atoms. The largest absolute Gasteiger partial charge is 0.480 e. The zero-order valence-corrected chi connectivity index (χ0v) is 12.8. The fourth-order valence-corrected chi connectivity index (χ4v) is 4.37. The van der Waals surface area contributed by atoms with Crippen LogP contribution in [0.2, 0.25) is 0 Å². The van der Waals surface area contributed by atoms with Crippen LogP contribution in [0.25, 0.3) is 0 Å². The van der Waals surface area contributed by atoms with E-state index < -0.39 is 32.7 Å². The molecule has 0 saturated carbocycles. The smallest absolute Gasteiger partial charge is 0.322 e. The number of aliphatic carboxylic acids is 1. The third kappa shape index (κ3) is 2.73. The molecule has 0 amide bonds. The van der Waals surface area contributed by atoms with Crippen molar-refractivity contribution in [1.82, 2.24) is 4.31 Å². The average Bonchev–Trinajstić information content (AvgIpc) is 2.53. The van der Waals surface area contributed by atoms with Gasteiger partial charge >= 0.3 is 5.97 Å². The van der Waals surface area contributed by atoms with E-state index in [2.05, 4.69) is 0 Å². The standard InChI is InChI=1S/C16H14FNO4S/c17-13-7-3-4-8-15(13)23(21,22)18-10-12-6-2-1-5-11(12)9-14(18)16(19)20/h1-8,14H,9-10H2,(H,19,20)/t14-/m0/s1. The summed E-state index contributed by atoms with van der Waals surface area (Å²) < 4.78 is 40.3. The number of fused-ring (bicyclic) bond motifs is 1. The Balaban J connectivity index is 2.10. The Morgan fingerprint density at radius 2 is 1.70 bits per heavy atom. The predicted octanol–water partition coefficient (Wildman–Crippen LogP) is 2.03. The highest BCUT2D eigenvalue weighted by molar-refractivity contribution is 7.89. The molecular formula is C16H14FNO4S. The van der Waals surface area contributed by atoms with Crippen molar-refractivity contribution in [3.05, 3.63) is 65.5 Å². The van der Waals surface area contributed by atoms with E-state index in [1.54, 1.807) is 24.3 Å². The number of benzene rings is 2. The molecule has 3 rings (SSSR count). The van der Waals surface area contributed by atoms with E-state index in [1.807, 2.05) is 0 Å². The van der Waals surface area contributed by atoms with E-state index in [0.29, 0.717) is 0 Å². The maximum Gasteiger partial charge on any atom is 0.322 e. The molecule has 1 aliphatic rings. The second-order valence-electron chi connectivity index (χ2n) is 5.31. The highest BCUT2D eigenvalue weighted by Crippen LogP contribution is 2.30. The summed E-state index contributed by atoms with van der Waals surface area (Å²) in [7, 11) is -4.25. The van der Waals surface area contributed by atoms with Gasteiger partial charge in [-0.25, -0.2) is 12.8 Å². The van der Waals surface area contributed by atoms with Crippen LogP contribution < -0.4 is 0 Å². The quantitative estimate of drug-likeness (QED) is 0.931. The first-order valence-electron chi connectivity index (χ1n) is 6.97. The van der Waals surface area contributed by atoms with Gasteiger partial charge in [0.15, 0.2) is 0 Å². The van der Waals surface area contributed by atoms with Crippen LogP contribution in [-0.2, 0) is 27.8 Å². The molecule has 1 aliphatic heterocycles. The minimum absolute atomic E-state index is 0.0548. The van der Waals surface area contributed by atoms with Gasteiger partial charge in [-0.05, 0) is 23.3 Å². The third-order valence-electron chi connectivity index (χ3n) is 3.91. The minimum Gasteiger partial charge on any atom is -0.480 e. The van der Waals surface area contributed by atoms with Gasteiger partial charge in [-0.3, -0.25) is 4.79 Å². The second kappa shape index (κ2) is 5.75. The lowest BCUT2D eigenvalue weighted by molar-refractivity contribution is -0.141. The number of halogens is 1. The normalized spacial score (nSPS) is 18.4. The fraction of sp³-hybridized carbons (Fsp3) is 0.188. The summed E-state index contributed by atoms with van der Waals surface area (Å²) in [5, 5.41) is 9.41. The number of carbonyl (C=O) groups is 1. The summed E-state index contributed by atoms with van der Waals surface area (Å²) in [5.74, 6) is -2.14. The Morgan fingerprint density at radius 3 is 2.35 bits per heavy atom. The molecular weight excluding hydrogens is 321 g/mol. The molecule has 0 radical (unpaired) electrons. The number of hydrogen-bond donors (Lipinski definition) is 1. The molecule has 1 atom stereocenters. The second-order valence-corrected chi connectivity index (χ2v) is 7.17. The molecule has 0 saturated heterocycles. The third-order valence-corrected chi connectivity index (χ3v) is 5.80. The van der Waals surface area contributed by atoms with Crippen molar-refractivity contribution in [2.75, 3.05) is 0 Å². The van der Waals surface area contributed by atoms with E-state index in [9.17, 15) is 22.7 Å². The number of nitrogens with zero attached hydrogens (tertiary/aromatic N) is 1. The van der Waals surface area contributed by atoms with Crippen LogP contribution in [0.3, 0.4) is 0 Å². The van der Waals surface area contributed by atoms with Gasteiger partial charge in [0, 0.05) is 13.0 Å². The van der Waals surface area contributed by atoms with Gasteiger partial charge in [-0.2, -0.15) is 4.31 Å².